The topological polar surface area (TPSA) is 131 Å². The van der Waals surface area contributed by atoms with Gasteiger partial charge in [0.15, 0.2) is 0 Å². The zero-order chi connectivity index (χ0) is 28.7. The molecule has 0 spiro atoms. The summed E-state index contributed by atoms with van der Waals surface area (Å²) in [6, 6.07) is 13.3. The molecule has 0 saturated heterocycles. The van der Waals surface area contributed by atoms with Crippen molar-refractivity contribution in [3.63, 3.8) is 0 Å². The SMILES string of the molecule is CC[NH+](CC)CCCN(CC(=O)Nc1c(C)cc(C)cc1C)C(=O)c1ccccc1.O=C([O-])/C=C/C(=O)O. The number of hydrogen-bond acceptors (Lipinski definition) is 5. The highest BCUT2D eigenvalue weighted by atomic mass is 16.4. The highest BCUT2D eigenvalue weighted by Gasteiger charge is 2.20. The van der Waals surface area contributed by atoms with Crippen LogP contribution in [0.2, 0.25) is 0 Å². The summed E-state index contributed by atoms with van der Waals surface area (Å²) in [5.41, 5.74) is 4.69. The second-order valence-electron chi connectivity index (χ2n) is 8.97. The van der Waals surface area contributed by atoms with Crippen LogP contribution in [0.25, 0.3) is 0 Å². The lowest BCUT2D eigenvalue weighted by Crippen LogP contribution is -3.11. The molecule has 2 rings (SSSR count). The van der Waals surface area contributed by atoms with E-state index in [0.29, 0.717) is 24.3 Å². The molecule has 2 aromatic carbocycles. The number of carbonyl (C=O) groups excluding carboxylic acids is 3. The summed E-state index contributed by atoms with van der Waals surface area (Å²) in [5, 5.41) is 20.3. The van der Waals surface area contributed by atoms with Crippen LogP contribution in [0.15, 0.2) is 54.6 Å². The predicted octanol–water partition coefficient (Wildman–Crippen LogP) is 1.38. The molecule has 0 unspecified atom stereocenters. The van der Waals surface area contributed by atoms with Crippen LogP contribution in [0, 0.1) is 20.8 Å². The molecule has 0 saturated carbocycles. The fourth-order valence-corrected chi connectivity index (χ4v) is 4.01. The van der Waals surface area contributed by atoms with Crippen molar-refractivity contribution >= 4 is 29.4 Å². The number of anilines is 1. The van der Waals surface area contributed by atoms with E-state index in [-0.39, 0.29) is 18.4 Å². The molecule has 0 atom stereocenters. The summed E-state index contributed by atoms with van der Waals surface area (Å²) in [6.07, 6.45) is 1.81. The van der Waals surface area contributed by atoms with E-state index in [1.54, 1.807) is 17.0 Å². The zero-order valence-electron chi connectivity index (χ0n) is 22.9. The van der Waals surface area contributed by atoms with Crippen LogP contribution in [0.4, 0.5) is 5.69 Å². The first-order valence-electron chi connectivity index (χ1n) is 12.7. The van der Waals surface area contributed by atoms with Crippen molar-refractivity contribution in [1.82, 2.24) is 4.90 Å². The summed E-state index contributed by atoms with van der Waals surface area (Å²) >= 11 is 0. The van der Waals surface area contributed by atoms with Crippen molar-refractivity contribution < 1.29 is 34.3 Å². The quantitative estimate of drug-likeness (QED) is 0.359. The molecule has 0 aliphatic rings. The Morgan fingerprint density at radius 1 is 0.974 bits per heavy atom. The van der Waals surface area contributed by atoms with Gasteiger partial charge >= 0.3 is 5.97 Å². The third kappa shape index (κ3) is 11.8. The molecule has 9 nitrogen and oxygen atoms in total. The van der Waals surface area contributed by atoms with Crippen LogP contribution >= 0.6 is 0 Å². The molecule has 2 aromatic rings. The van der Waals surface area contributed by atoms with Gasteiger partial charge in [-0.3, -0.25) is 9.59 Å². The van der Waals surface area contributed by atoms with Gasteiger partial charge in [-0.1, -0.05) is 35.9 Å². The number of rotatable bonds is 12. The van der Waals surface area contributed by atoms with E-state index in [1.165, 1.54) is 10.5 Å². The first-order chi connectivity index (χ1) is 18.0. The summed E-state index contributed by atoms with van der Waals surface area (Å²) in [6.45, 7) is 14.1. The number of hydrogen-bond donors (Lipinski definition) is 3. The van der Waals surface area contributed by atoms with Crippen molar-refractivity contribution in [3.05, 3.63) is 76.9 Å². The van der Waals surface area contributed by atoms with Gasteiger partial charge in [-0.15, -0.1) is 0 Å². The fraction of sp³-hybridized carbons (Fsp3) is 0.379. The van der Waals surface area contributed by atoms with Crippen LogP contribution in [-0.2, 0) is 14.4 Å². The van der Waals surface area contributed by atoms with E-state index >= 15 is 0 Å². The Balaban J connectivity index is 0.000000781. The molecule has 0 radical (unpaired) electrons. The van der Waals surface area contributed by atoms with Crippen molar-refractivity contribution in [3.8, 4) is 0 Å². The highest BCUT2D eigenvalue weighted by molar-refractivity contribution is 6.00. The van der Waals surface area contributed by atoms with E-state index in [4.69, 9.17) is 5.11 Å². The lowest BCUT2D eigenvalue weighted by Gasteiger charge is -2.24. The van der Waals surface area contributed by atoms with Crippen LogP contribution in [0.3, 0.4) is 0 Å². The molecule has 206 valence electrons. The fourth-order valence-electron chi connectivity index (χ4n) is 4.01. The maximum Gasteiger partial charge on any atom is 0.328 e. The predicted molar refractivity (Wildman–Crippen MR) is 145 cm³/mol. The lowest BCUT2D eigenvalue weighted by molar-refractivity contribution is -0.896. The van der Waals surface area contributed by atoms with Crippen molar-refractivity contribution in [2.24, 2.45) is 0 Å². The molecule has 0 aliphatic carbocycles. The molecule has 0 aromatic heterocycles. The molecule has 0 fully saturated rings. The monoisotopic (exact) mass is 525 g/mol. The molecule has 3 N–H and O–H groups in total. The third-order valence-electron chi connectivity index (χ3n) is 5.90. The van der Waals surface area contributed by atoms with Gasteiger partial charge in [-0.05, 0) is 64.0 Å². The Labute approximate surface area is 224 Å². The number of aliphatic carboxylic acids is 2. The first-order valence-corrected chi connectivity index (χ1v) is 12.7. The van der Waals surface area contributed by atoms with Crippen molar-refractivity contribution in [1.29, 1.82) is 0 Å². The molecule has 0 bridgehead atoms. The lowest BCUT2D eigenvalue weighted by atomic mass is 10.1. The second-order valence-corrected chi connectivity index (χ2v) is 8.97. The largest absolute Gasteiger partial charge is 0.545 e. The number of nitrogens with zero attached hydrogens (tertiary/aromatic N) is 1. The molecular formula is C29H39N3O6. The van der Waals surface area contributed by atoms with E-state index in [1.807, 2.05) is 39.0 Å². The summed E-state index contributed by atoms with van der Waals surface area (Å²) < 4.78 is 0. The molecule has 9 heteroatoms. The molecule has 2 amide bonds. The summed E-state index contributed by atoms with van der Waals surface area (Å²) in [7, 11) is 0. The summed E-state index contributed by atoms with van der Waals surface area (Å²) in [5.74, 6) is -3.07. The Hall–Kier alpha value is -3.98. The normalized spacial score (nSPS) is 10.6. The molecule has 38 heavy (non-hydrogen) atoms. The number of benzene rings is 2. The highest BCUT2D eigenvalue weighted by Crippen LogP contribution is 2.22. The number of carbonyl (C=O) groups is 4. The number of aryl methyl sites for hydroxylation is 3. The van der Waals surface area contributed by atoms with Crippen LogP contribution in [-0.4, -0.2) is 66.5 Å². The Morgan fingerprint density at radius 2 is 1.55 bits per heavy atom. The van der Waals surface area contributed by atoms with Gasteiger partial charge in [-0.2, -0.15) is 0 Å². The van der Waals surface area contributed by atoms with E-state index < -0.39 is 11.9 Å². The molecular weight excluding hydrogens is 486 g/mol. The Bertz CT molecular complexity index is 1070. The van der Waals surface area contributed by atoms with Gasteiger partial charge in [0.05, 0.1) is 25.6 Å². The van der Waals surface area contributed by atoms with Crippen molar-refractivity contribution in [2.75, 3.05) is 38.0 Å². The Morgan fingerprint density at radius 3 is 2.03 bits per heavy atom. The molecule has 0 aliphatic heterocycles. The van der Waals surface area contributed by atoms with Crippen LogP contribution in [0.1, 0.15) is 47.3 Å². The van der Waals surface area contributed by atoms with E-state index in [9.17, 15) is 24.3 Å². The van der Waals surface area contributed by atoms with Gasteiger partial charge in [0, 0.05) is 30.3 Å². The summed E-state index contributed by atoms with van der Waals surface area (Å²) in [4.78, 5) is 48.1. The van der Waals surface area contributed by atoms with Crippen molar-refractivity contribution in [2.45, 2.75) is 41.0 Å². The minimum Gasteiger partial charge on any atom is -0.545 e. The van der Waals surface area contributed by atoms with Gasteiger partial charge < -0.3 is 30.1 Å². The third-order valence-corrected chi connectivity index (χ3v) is 5.90. The van der Waals surface area contributed by atoms with E-state index in [2.05, 4.69) is 31.3 Å². The smallest absolute Gasteiger partial charge is 0.328 e. The minimum absolute atomic E-state index is 0.0497. The van der Waals surface area contributed by atoms with Gasteiger partial charge in [-0.25, -0.2) is 4.79 Å². The number of quaternary nitrogens is 1. The number of amides is 2. The minimum atomic E-state index is -1.51. The van der Waals surface area contributed by atoms with Gasteiger partial charge in [0.25, 0.3) is 5.91 Å². The average molecular weight is 526 g/mol. The standard InChI is InChI=1S/C25H35N3O2.C4H4O4/c1-6-27(7-2)14-11-15-28(25(30)22-12-9-8-10-13-22)18-23(29)26-24-20(4)16-19(3)17-21(24)5;5-3(6)1-2-4(7)8/h8-10,12-13,16-17H,6-7,11,14-15,18H2,1-5H3,(H,26,29);1-2H,(H,5,6)(H,7,8)/b;2-1+. The number of carboxylic acids is 2. The number of carboxylic acid groups (broad SMARTS) is 2. The molecule has 0 heterocycles. The zero-order valence-corrected chi connectivity index (χ0v) is 22.9. The number of nitrogens with one attached hydrogen (secondary N) is 2. The van der Waals surface area contributed by atoms with Crippen LogP contribution < -0.4 is 15.3 Å². The van der Waals surface area contributed by atoms with Gasteiger partial charge in [0.1, 0.15) is 6.54 Å². The maximum atomic E-state index is 13.1. The maximum absolute atomic E-state index is 13.1. The first kappa shape index (κ1) is 32.0. The Kier molecular flexibility index (Phi) is 14.1. The van der Waals surface area contributed by atoms with E-state index in [0.717, 1.165) is 42.9 Å². The second kappa shape index (κ2) is 16.7. The van der Waals surface area contributed by atoms with Gasteiger partial charge in [0.2, 0.25) is 5.91 Å². The van der Waals surface area contributed by atoms with Crippen LogP contribution in [0.5, 0.6) is 0 Å². The average Bonchev–Trinajstić information content (AvgIpc) is 2.87.